The van der Waals surface area contributed by atoms with E-state index in [1.54, 1.807) is 0 Å². The lowest BCUT2D eigenvalue weighted by Gasteiger charge is -2.08. The average Bonchev–Trinajstić information content (AvgIpc) is 2.73. The predicted octanol–water partition coefficient (Wildman–Crippen LogP) is 3.75. The normalized spacial score (nSPS) is 10.5. The quantitative estimate of drug-likeness (QED) is 0.790. The second-order valence-corrected chi connectivity index (χ2v) is 4.23. The first-order valence-electron chi connectivity index (χ1n) is 6.47. The smallest absolute Gasteiger partial charge is 0.234 e. The number of aromatic nitrogens is 3. The van der Waals surface area contributed by atoms with Crippen molar-refractivity contribution in [3.63, 3.8) is 0 Å². The van der Waals surface area contributed by atoms with Crippen molar-refractivity contribution in [1.29, 1.82) is 0 Å². The predicted molar refractivity (Wildman–Crippen MR) is 72.5 cm³/mol. The highest BCUT2D eigenvalue weighted by Crippen LogP contribution is 2.17. The summed E-state index contributed by atoms with van der Waals surface area (Å²) in [5.41, 5.74) is 3.43. The van der Waals surface area contributed by atoms with E-state index in [2.05, 4.69) is 47.4 Å². The number of hydrogen-bond donors (Lipinski definition) is 0. The molecular formula is C14H23N3. The largest absolute Gasteiger partial charge is 0.288 e. The van der Waals surface area contributed by atoms with Crippen LogP contribution in [0.15, 0.2) is 12.3 Å². The number of hydrogen-bond acceptors (Lipinski definition) is 2. The molecule has 0 saturated heterocycles. The Morgan fingerprint density at radius 2 is 1.88 bits per heavy atom. The van der Waals surface area contributed by atoms with Crippen molar-refractivity contribution in [3.8, 4) is 0 Å². The van der Waals surface area contributed by atoms with E-state index in [0.717, 1.165) is 23.6 Å². The van der Waals surface area contributed by atoms with Gasteiger partial charge in [0.2, 0.25) is 5.78 Å². The van der Waals surface area contributed by atoms with E-state index in [1.807, 2.05) is 20.8 Å². The summed E-state index contributed by atoms with van der Waals surface area (Å²) >= 11 is 0. The third-order valence-electron chi connectivity index (χ3n) is 2.60. The lowest BCUT2D eigenvalue weighted by Crippen LogP contribution is -2.01. The van der Waals surface area contributed by atoms with Crippen LogP contribution in [-0.4, -0.2) is 14.4 Å². The number of aryl methyl sites for hydroxylation is 2. The maximum absolute atomic E-state index is 4.49. The first-order valence-corrected chi connectivity index (χ1v) is 6.47. The Hall–Kier alpha value is -1.38. The Labute approximate surface area is 104 Å². The fraction of sp³-hybridized carbons (Fsp3) is 0.571. The van der Waals surface area contributed by atoms with E-state index in [1.165, 1.54) is 5.69 Å². The second-order valence-electron chi connectivity index (χ2n) is 4.23. The van der Waals surface area contributed by atoms with Gasteiger partial charge in [0.15, 0.2) is 0 Å². The van der Waals surface area contributed by atoms with Gasteiger partial charge in [-0.05, 0) is 25.3 Å². The minimum Gasteiger partial charge on any atom is -0.288 e. The van der Waals surface area contributed by atoms with Gasteiger partial charge in [0.25, 0.3) is 0 Å². The molecule has 0 fully saturated rings. The monoisotopic (exact) mass is 233 g/mol. The molecular weight excluding hydrogens is 210 g/mol. The maximum Gasteiger partial charge on any atom is 0.234 e. The van der Waals surface area contributed by atoms with Crippen molar-refractivity contribution < 1.29 is 0 Å². The van der Waals surface area contributed by atoms with Crippen molar-refractivity contribution in [2.24, 2.45) is 0 Å². The number of rotatable bonds is 2. The highest BCUT2D eigenvalue weighted by molar-refractivity contribution is 5.36. The summed E-state index contributed by atoms with van der Waals surface area (Å²) in [6, 6.07) is 2.14. The van der Waals surface area contributed by atoms with Gasteiger partial charge in [-0.2, -0.15) is 0 Å². The number of nitrogens with zero attached hydrogens (tertiary/aromatic N) is 3. The third-order valence-corrected chi connectivity index (χ3v) is 2.60. The van der Waals surface area contributed by atoms with Crippen LogP contribution in [0.3, 0.4) is 0 Å². The van der Waals surface area contributed by atoms with Crippen LogP contribution in [0.1, 0.15) is 57.6 Å². The molecule has 0 aliphatic carbocycles. The van der Waals surface area contributed by atoms with Gasteiger partial charge >= 0.3 is 0 Å². The molecule has 0 unspecified atom stereocenters. The highest BCUT2D eigenvalue weighted by Gasteiger charge is 2.09. The van der Waals surface area contributed by atoms with Crippen LogP contribution < -0.4 is 0 Å². The molecule has 0 bridgehead atoms. The zero-order valence-electron chi connectivity index (χ0n) is 11.8. The Morgan fingerprint density at radius 1 is 1.24 bits per heavy atom. The van der Waals surface area contributed by atoms with E-state index >= 15 is 0 Å². The van der Waals surface area contributed by atoms with E-state index < -0.39 is 0 Å². The van der Waals surface area contributed by atoms with E-state index in [4.69, 9.17) is 0 Å². The fourth-order valence-electron chi connectivity index (χ4n) is 1.78. The van der Waals surface area contributed by atoms with Gasteiger partial charge in [-0.3, -0.25) is 4.40 Å². The van der Waals surface area contributed by atoms with Gasteiger partial charge in [-0.25, -0.2) is 9.97 Å². The molecule has 0 aliphatic rings. The minimum absolute atomic E-state index is 0.494. The molecule has 0 radical (unpaired) electrons. The van der Waals surface area contributed by atoms with Crippen LogP contribution >= 0.6 is 0 Å². The topological polar surface area (TPSA) is 30.2 Å². The molecule has 0 saturated carbocycles. The zero-order valence-corrected chi connectivity index (χ0v) is 11.8. The molecule has 3 nitrogen and oxygen atoms in total. The first kappa shape index (κ1) is 13.7. The second kappa shape index (κ2) is 5.80. The molecule has 0 amide bonds. The van der Waals surface area contributed by atoms with Crippen molar-refractivity contribution in [2.75, 3.05) is 0 Å². The van der Waals surface area contributed by atoms with Crippen LogP contribution in [0.25, 0.3) is 5.78 Å². The van der Waals surface area contributed by atoms with Crippen molar-refractivity contribution in [3.05, 3.63) is 29.3 Å². The molecule has 0 aliphatic heterocycles. The van der Waals surface area contributed by atoms with Gasteiger partial charge in [-0.15, -0.1) is 0 Å². The minimum atomic E-state index is 0.494. The SMILES string of the molecule is CC.CCc1cn2c(C(C)C)cc(C)nc2n1. The van der Waals surface area contributed by atoms with Gasteiger partial charge < -0.3 is 0 Å². The molecule has 2 heterocycles. The summed E-state index contributed by atoms with van der Waals surface area (Å²) in [4.78, 5) is 8.93. The van der Waals surface area contributed by atoms with Crippen molar-refractivity contribution in [2.45, 2.75) is 53.9 Å². The summed E-state index contributed by atoms with van der Waals surface area (Å²) in [5, 5.41) is 0. The summed E-state index contributed by atoms with van der Waals surface area (Å²) in [5.74, 6) is 1.32. The Bertz CT molecular complexity index is 483. The van der Waals surface area contributed by atoms with Gasteiger partial charge in [0, 0.05) is 17.6 Å². The molecule has 94 valence electrons. The molecule has 3 heteroatoms. The van der Waals surface area contributed by atoms with E-state index in [-0.39, 0.29) is 0 Å². The lowest BCUT2D eigenvalue weighted by molar-refractivity contribution is 0.789. The van der Waals surface area contributed by atoms with Crippen LogP contribution in [-0.2, 0) is 6.42 Å². The standard InChI is InChI=1S/C12H17N3.C2H6/c1-5-10-7-15-11(8(2)3)6-9(4)13-12(15)14-10;1-2/h6-8H,5H2,1-4H3;1-2H3. The molecule has 2 rings (SSSR count). The Morgan fingerprint density at radius 3 is 2.41 bits per heavy atom. The molecule has 0 aromatic carbocycles. The molecule has 2 aromatic rings. The number of imidazole rings is 1. The first-order chi connectivity index (χ1) is 8.11. The summed E-state index contributed by atoms with van der Waals surface area (Å²) in [6.45, 7) is 12.5. The zero-order chi connectivity index (χ0) is 13.0. The summed E-state index contributed by atoms with van der Waals surface area (Å²) < 4.78 is 2.11. The Kier molecular flexibility index (Phi) is 4.67. The van der Waals surface area contributed by atoms with Gasteiger partial charge in [0.1, 0.15) is 0 Å². The van der Waals surface area contributed by atoms with E-state index in [0.29, 0.717) is 5.92 Å². The van der Waals surface area contributed by atoms with Crippen LogP contribution in [0.4, 0.5) is 0 Å². The van der Waals surface area contributed by atoms with Crippen molar-refractivity contribution in [1.82, 2.24) is 14.4 Å². The van der Waals surface area contributed by atoms with Crippen LogP contribution in [0.5, 0.6) is 0 Å². The molecule has 0 N–H and O–H groups in total. The third kappa shape index (κ3) is 2.84. The summed E-state index contributed by atoms with van der Waals surface area (Å²) in [6.07, 6.45) is 3.05. The van der Waals surface area contributed by atoms with Gasteiger partial charge in [-0.1, -0.05) is 34.6 Å². The van der Waals surface area contributed by atoms with Crippen LogP contribution in [0, 0.1) is 6.92 Å². The van der Waals surface area contributed by atoms with Crippen molar-refractivity contribution >= 4 is 5.78 Å². The van der Waals surface area contributed by atoms with Crippen LogP contribution in [0.2, 0.25) is 0 Å². The molecule has 2 aromatic heterocycles. The molecule has 17 heavy (non-hydrogen) atoms. The Balaban J connectivity index is 0.000000686. The summed E-state index contributed by atoms with van der Waals surface area (Å²) in [7, 11) is 0. The molecule has 0 atom stereocenters. The fourth-order valence-corrected chi connectivity index (χ4v) is 1.78. The van der Waals surface area contributed by atoms with E-state index in [9.17, 15) is 0 Å². The lowest BCUT2D eigenvalue weighted by atomic mass is 10.1. The maximum atomic E-state index is 4.49. The average molecular weight is 233 g/mol. The van der Waals surface area contributed by atoms with Gasteiger partial charge in [0.05, 0.1) is 5.69 Å². The number of fused-ring (bicyclic) bond motifs is 1. The highest BCUT2D eigenvalue weighted by atomic mass is 15.1. The molecule has 0 spiro atoms.